The average molecular weight is 276 g/mol. The Bertz CT molecular complexity index is 437. The van der Waals surface area contributed by atoms with Gasteiger partial charge in [0.2, 0.25) is 0 Å². The normalized spacial score (nSPS) is 27.7. The van der Waals surface area contributed by atoms with Crippen LogP contribution >= 0.6 is 0 Å². The SMILES string of the molecule is CC1CC(C)CN(c2cc(N3CCOCC3)ncn2)C1. The molecule has 2 fully saturated rings. The van der Waals surface area contributed by atoms with Crippen molar-refractivity contribution in [3.8, 4) is 0 Å². The Kier molecular flexibility index (Phi) is 4.05. The van der Waals surface area contributed by atoms with Crippen LogP contribution in [0.2, 0.25) is 0 Å². The van der Waals surface area contributed by atoms with Crippen LogP contribution in [0.4, 0.5) is 11.6 Å². The number of hydrogen-bond donors (Lipinski definition) is 0. The Morgan fingerprint density at radius 1 is 1.00 bits per heavy atom. The molecule has 20 heavy (non-hydrogen) atoms. The molecule has 2 unspecified atom stereocenters. The second-order valence-electron chi connectivity index (χ2n) is 6.18. The zero-order valence-corrected chi connectivity index (χ0v) is 12.5. The smallest absolute Gasteiger partial charge is 0.134 e. The first-order valence-corrected chi connectivity index (χ1v) is 7.62. The van der Waals surface area contributed by atoms with Gasteiger partial charge in [-0.05, 0) is 18.3 Å². The van der Waals surface area contributed by atoms with Gasteiger partial charge < -0.3 is 14.5 Å². The first-order chi connectivity index (χ1) is 9.72. The third kappa shape index (κ3) is 3.03. The number of nitrogens with zero attached hydrogens (tertiary/aromatic N) is 4. The number of hydrogen-bond acceptors (Lipinski definition) is 5. The molecule has 1 aromatic heterocycles. The summed E-state index contributed by atoms with van der Waals surface area (Å²) in [4.78, 5) is 13.6. The van der Waals surface area contributed by atoms with Crippen LogP contribution in [0.3, 0.4) is 0 Å². The molecule has 0 aliphatic carbocycles. The maximum Gasteiger partial charge on any atom is 0.134 e. The number of rotatable bonds is 2. The molecular formula is C15H24N4O. The van der Waals surface area contributed by atoms with Crippen molar-refractivity contribution in [1.82, 2.24) is 9.97 Å². The number of ether oxygens (including phenoxy) is 1. The highest BCUT2D eigenvalue weighted by atomic mass is 16.5. The Hall–Kier alpha value is -1.36. The van der Waals surface area contributed by atoms with Crippen molar-refractivity contribution < 1.29 is 4.74 Å². The van der Waals surface area contributed by atoms with Gasteiger partial charge in [-0.3, -0.25) is 0 Å². The highest BCUT2D eigenvalue weighted by Crippen LogP contribution is 2.26. The topological polar surface area (TPSA) is 41.5 Å². The van der Waals surface area contributed by atoms with Gasteiger partial charge in [0.25, 0.3) is 0 Å². The van der Waals surface area contributed by atoms with E-state index in [0.717, 1.165) is 62.9 Å². The van der Waals surface area contributed by atoms with Crippen LogP contribution in [0.25, 0.3) is 0 Å². The van der Waals surface area contributed by atoms with E-state index in [1.807, 2.05) is 0 Å². The van der Waals surface area contributed by atoms with E-state index in [-0.39, 0.29) is 0 Å². The van der Waals surface area contributed by atoms with Crippen molar-refractivity contribution >= 4 is 11.6 Å². The van der Waals surface area contributed by atoms with Crippen LogP contribution in [0, 0.1) is 11.8 Å². The summed E-state index contributed by atoms with van der Waals surface area (Å²) < 4.78 is 5.40. The third-order valence-electron chi connectivity index (χ3n) is 4.17. The fourth-order valence-electron chi connectivity index (χ4n) is 3.33. The van der Waals surface area contributed by atoms with Gasteiger partial charge in [-0.25, -0.2) is 9.97 Å². The van der Waals surface area contributed by atoms with E-state index >= 15 is 0 Å². The molecule has 2 aliphatic rings. The molecule has 5 nitrogen and oxygen atoms in total. The van der Waals surface area contributed by atoms with Gasteiger partial charge in [-0.2, -0.15) is 0 Å². The van der Waals surface area contributed by atoms with E-state index in [2.05, 4.69) is 39.7 Å². The van der Waals surface area contributed by atoms with Crippen molar-refractivity contribution in [3.05, 3.63) is 12.4 Å². The molecule has 0 spiro atoms. The highest BCUT2D eigenvalue weighted by molar-refractivity contribution is 5.50. The van der Waals surface area contributed by atoms with Crippen molar-refractivity contribution in [2.75, 3.05) is 49.2 Å². The van der Waals surface area contributed by atoms with Gasteiger partial charge in [-0.15, -0.1) is 0 Å². The number of piperidine rings is 1. The molecule has 2 atom stereocenters. The summed E-state index contributed by atoms with van der Waals surface area (Å²) in [5.41, 5.74) is 0. The summed E-state index contributed by atoms with van der Waals surface area (Å²) in [7, 11) is 0. The molecular weight excluding hydrogens is 252 g/mol. The molecule has 3 heterocycles. The molecule has 2 saturated heterocycles. The molecule has 0 N–H and O–H groups in total. The minimum absolute atomic E-state index is 0.737. The van der Waals surface area contributed by atoms with Gasteiger partial charge in [0.05, 0.1) is 13.2 Å². The summed E-state index contributed by atoms with van der Waals surface area (Å²) in [6.07, 6.45) is 3.02. The zero-order valence-electron chi connectivity index (χ0n) is 12.5. The number of aromatic nitrogens is 2. The third-order valence-corrected chi connectivity index (χ3v) is 4.17. The van der Waals surface area contributed by atoms with Crippen LogP contribution < -0.4 is 9.80 Å². The minimum atomic E-state index is 0.737. The lowest BCUT2D eigenvalue weighted by Crippen LogP contribution is -2.40. The molecule has 2 aliphatic heterocycles. The largest absolute Gasteiger partial charge is 0.378 e. The van der Waals surface area contributed by atoms with Crippen molar-refractivity contribution in [1.29, 1.82) is 0 Å². The maximum absolute atomic E-state index is 5.40. The number of anilines is 2. The Morgan fingerprint density at radius 2 is 1.60 bits per heavy atom. The molecule has 5 heteroatoms. The van der Waals surface area contributed by atoms with E-state index in [4.69, 9.17) is 4.74 Å². The van der Waals surface area contributed by atoms with Gasteiger partial charge in [0, 0.05) is 32.2 Å². The standard InChI is InChI=1S/C15H24N4O/c1-12-7-13(2)10-19(9-12)15-8-14(16-11-17-15)18-3-5-20-6-4-18/h8,11-13H,3-7,9-10H2,1-2H3. The first kappa shape index (κ1) is 13.6. The highest BCUT2D eigenvalue weighted by Gasteiger charge is 2.23. The van der Waals surface area contributed by atoms with Crippen molar-refractivity contribution in [3.63, 3.8) is 0 Å². The van der Waals surface area contributed by atoms with Crippen LogP contribution in [-0.2, 0) is 4.74 Å². The molecule has 0 aromatic carbocycles. The predicted molar refractivity (Wildman–Crippen MR) is 80.2 cm³/mol. The lowest BCUT2D eigenvalue weighted by molar-refractivity contribution is 0.122. The summed E-state index contributed by atoms with van der Waals surface area (Å²) in [5.74, 6) is 3.57. The predicted octanol–water partition coefficient (Wildman–Crippen LogP) is 1.80. The van der Waals surface area contributed by atoms with Crippen LogP contribution in [0.5, 0.6) is 0 Å². The van der Waals surface area contributed by atoms with Crippen LogP contribution in [0.15, 0.2) is 12.4 Å². The second-order valence-corrected chi connectivity index (χ2v) is 6.18. The van der Waals surface area contributed by atoms with E-state index < -0.39 is 0 Å². The quantitative estimate of drug-likeness (QED) is 0.824. The molecule has 0 bridgehead atoms. The molecule has 1 aromatic rings. The summed E-state index contributed by atoms with van der Waals surface area (Å²) >= 11 is 0. The lowest BCUT2D eigenvalue weighted by atomic mass is 9.92. The van der Waals surface area contributed by atoms with Crippen LogP contribution in [-0.4, -0.2) is 49.4 Å². The van der Waals surface area contributed by atoms with E-state index in [1.54, 1.807) is 6.33 Å². The summed E-state index contributed by atoms with van der Waals surface area (Å²) in [5, 5.41) is 0. The zero-order chi connectivity index (χ0) is 13.9. The summed E-state index contributed by atoms with van der Waals surface area (Å²) in [6, 6.07) is 2.13. The van der Waals surface area contributed by atoms with Gasteiger partial charge >= 0.3 is 0 Å². The number of morpholine rings is 1. The molecule has 3 rings (SSSR count). The second kappa shape index (κ2) is 5.95. The first-order valence-electron chi connectivity index (χ1n) is 7.62. The van der Waals surface area contributed by atoms with Crippen molar-refractivity contribution in [2.45, 2.75) is 20.3 Å². The van der Waals surface area contributed by atoms with Gasteiger partial charge in [0.15, 0.2) is 0 Å². The van der Waals surface area contributed by atoms with Gasteiger partial charge in [0.1, 0.15) is 18.0 Å². The Labute approximate surface area is 121 Å². The lowest BCUT2D eigenvalue weighted by Gasteiger charge is -2.36. The Balaban J connectivity index is 1.76. The van der Waals surface area contributed by atoms with E-state index in [1.165, 1.54) is 6.42 Å². The molecule has 110 valence electrons. The van der Waals surface area contributed by atoms with Crippen molar-refractivity contribution in [2.24, 2.45) is 11.8 Å². The fourth-order valence-corrected chi connectivity index (χ4v) is 3.33. The Morgan fingerprint density at radius 3 is 2.25 bits per heavy atom. The fraction of sp³-hybridized carbons (Fsp3) is 0.733. The average Bonchev–Trinajstić information content (AvgIpc) is 2.47. The molecule has 0 saturated carbocycles. The van der Waals surface area contributed by atoms with Crippen LogP contribution in [0.1, 0.15) is 20.3 Å². The monoisotopic (exact) mass is 276 g/mol. The van der Waals surface area contributed by atoms with E-state index in [9.17, 15) is 0 Å². The molecule has 0 amide bonds. The minimum Gasteiger partial charge on any atom is -0.378 e. The maximum atomic E-state index is 5.40. The van der Waals surface area contributed by atoms with E-state index in [0.29, 0.717) is 0 Å². The van der Waals surface area contributed by atoms with Gasteiger partial charge in [-0.1, -0.05) is 13.8 Å². The molecule has 0 radical (unpaired) electrons. The summed E-state index contributed by atoms with van der Waals surface area (Å²) in [6.45, 7) is 10.3.